The Balaban J connectivity index is 1.58. The van der Waals surface area contributed by atoms with E-state index in [1.54, 1.807) is 0 Å². The molecule has 1 saturated carbocycles. The summed E-state index contributed by atoms with van der Waals surface area (Å²) >= 11 is 0. The molecule has 1 aromatic heterocycles. The minimum atomic E-state index is -2.66. The fraction of sp³-hybridized carbons (Fsp3) is 0.514. The zero-order valence-corrected chi connectivity index (χ0v) is 27.3. The quantitative estimate of drug-likeness (QED) is 0.164. The van der Waals surface area contributed by atoms with Crippen LogP contribution in [0, 0.1) is 18.7 Å². The summed E-state index contributed by atoms with van der Waals surface area (Å²) in [6.45, 7) is 16.1. The Morgan fingerprint density at radius 1 is 1.02 bits per heavy atom. The Labute approximate surface area is 252 Å². The molecule has 0 spiro atoms. The predicted molar refractivity (Wildman–Crippen MR) is 171 cm³/mol. The lowest BCUT2D eigenvalue weighted by Gasteiger charge is -2.31. The Kier molecular flexibility index (Phi) is 11.0. The molecule has 1 fully saturated rings. The summed E-state index contributed by atoms with van der Waals surface area (Å²) in [5.41, 5.74) is 5.52. The summed E-state index contributed by atoms with van der Waals surface area (Å²) in [6, 6.07) is 17.0. The van der Waals surface area contributed by atoms with Crippen LogP contribution in [-0.4, -0.2) is 40.9 Å². The summed E-state index contributed by atoms with van der Waals surface area (Å²) in [5, 5.41) is 0. The van der Waals surface area contributed by atoms with Crippen molar-refractivity contribution in [3.63, 3.8) is 0 Å². The Morgan fingerprint density at radius 3 is 2.40 bits per heavy atom. The number of rotatable bonds is 15. The molecule has 5 nitrogen and oxygen atoms in total. The SMILES string of the molecule is CCOP(=O)(CC)CC(c1cccc(OCc2ccc(-c3cc(C)ncc3F)c(CN(C(C)C)C(C)C)c2)c1)C1CC1. The number of ether oxygens (including phenoxy) is 1. The summed E-state index contributed by atoms with van der Waals surface area (Å²) < 4.78 is 40.4. The van der Waals surface area contributed by atoms with Gasteiger partial charge >= 0.3 is 0 Å². The standard InChI is InChI=1S/C35H48FN2O3P/c1-8-41-42(39,9-2)23-34(28-14-15-28)29-11-10-12-31(19-29)40-22-27-13-16-32(33-17-26(7)37-20-35(33)36)30(18-27)21-38(24(3)4)25(5)6/h10-13,16-20,24-25,28,34H,8-9,14-15,21-23H2,1-7H3. The fourth-order valence-electron chi connectivity index (χ4n) is 5.87. The highest BCUT2D eigenvalue weighted by Crippen LogP contribution is 2.55. The van der Waals surface area contributed by atoms with Crippen molar-refractivity contribution in [2.45, 2.75) is 92.5 Å². The number of benzene rings is 2. The van der Waals surface area contributed by atoms with Crippen LogP contribution in [0.4, 0.5) is 4.39 Å². The van der Waals surface area contributed by atoms with E-state index in [2.05, 4.69) is 55.8 Å². The first kappa shape index (κ1) is 32.4. The maximum atomic E-state index is 15.0. The van der Waals surface area contributed by atoms with Crippen molar-refractivity contribution in [3.8, 4) is 16.9 Å². The Morgan fingerprint density at radius 2 is 1.76 bits per heavy atom. The molecule has 7 heteroatoms. The third kappa shape index (κ3) is 8.30. The molecule has 3 aromatic rings. The minimum Gasteiger partial charge on any atom is -0.489 e. The first-order valence-corrected chi connectivity index (χ1v) is 17.5. The predicted octanol–water partition coefficient (Wildman–Crippen LogP) is 9.22. The summed E-state index contributed by atoms with van der Waals surface area (Å²) in [7, 11) is -2.66. The van der Waals surface area contributed by atoms with Gasteiger partial charge in [-0.2, -0.15) is 0 Å². The highest BCUT2D eigenvalue weighted by molar-refractivity contribution is 7.59. The van der Waals surface area contributed by atoms with Crippen molar-refractivity contribution >= 4 is 7.37 Å². The van der Waals surface area contributed by atoms with Crippen molar-refractivity contribution in [3.05, 3.63) is 82.9 Å². The molecule has 0 N–H and O–H groups in total. The van der Waals surface area contributed by atoms with Gasteiger partial charge in [-0.05, 0) is 107 Å². The normalized spacial score (nSPS) is 15.8. The molecule has 0 bridgehead atoms. The molecule has 2 atom stereocenters. The second-order valence-electron chi connectivity index (χ2n) is 12.2. The summed E-state index contributed by atoms with van der Waals surface area (Å²) in [4.78, 5) is 6.54. The summed E-state index contributed by atoms with van der Waals surface area (Å²) in [5.74, 6) is 1.25. The molecule has 228 valence electrons. The monoisotopic (exact) mass is 594 g/mol. The zero-order chi connectivity index (χ0) is 30.4. The molecule has 0 radical (unpaired) electrons. The molecule has 1 heterocycles. The van der Waals surface area contributed by atoms with Crippen molar-refractivity contribution in [1.29, 1.82) is 0 Å². The van der Waals surface area contributed by atoms with Gasteiger partial charge in [-0.15, -0.1) is 0 Å². The van der Waals surface area contributed by atoms with Gasteiger partial charge in [0.05, 0.1) is 12.8 Å². The van der Waals surface area contributed by atoms with Gasteiger partial charge < -0.3 is 9.26 Å². The smallest absolute Gasteiger partial charge is 0.203 e. The molecule has 0 aliphatic heterocycles. The molecule has 0 amide bonds. The third-order valence-electron chi connectivity index (χ3n) is 8.34. The maximum Gasteiger partial charge on any atom is 0.203 e. The van der Waals surface area contributed by atoms with Gasteiger partial charge in [-0.3, -0.25) is 14.4 Å². The first-order chi connectivity index (χ1) is 20.0. The summed E-state index contributed by atoms with van der Waals surface area (Å²) in [6.07, 6.45) is 4.80. The van der Waals surface area contributed by atoms with Crippen molar-refractivity contribution in [2.24, 2.45) is 5.92 Å². The molecule has 0 saturated heterocycles. The van der Waals surface area contributed by atoms with E-state index in [1.807, 2.05) is 51.1 Å². The minimum absolute atomic E-state index is 0.216. The fourth-order valence-corrected chi connectivity index (χ4v) is 8.00. The topological polar surface area (TPSA) is 51.7 Å². The lowest BCUT2D eigenvalue weighted by Crippen LogP contribution is -2.36. The van der Waals surface area contributed by atoms with Gasteiger partial charge in [0.25, 0.3) is 0 Å². The van der Waals surface area contributed by atoms with Crippen molar-refractivity contribution < 1.29 is 18.2 Å². The second kappa shape index (κ2) is 14.3. The van der Waals surface area contributed by atoms with E-state index < -0.39 is 7.37 Å². The molecule has 1 aliphatic carbocycles. The van der Waals surface area contributed by atoms with Gasteiger partial charge in [0.2, 0.25) is 7.37 Å². The maximum absolute atomic E-state index is 15.0. The highest BCUT2D eigenvalue weighted by atomic mass is 31.2. The molecule has 2 unspecified atom stereocenters. The Bertz CT molecular complexity index is 1380. The van der Waals surface area contributed by atoms with Crippen LogP contribution in [0.25, 0.3) is 11.1 Å². The van der Waals surface area contributed by atoms with Crippen LogP contribution in [0.15, 0.2) is 54.7 Å². The van der Waals surface area contributed by atoms with E-state index in [9.17, 15) is 8.96 Å². The molecular formula is C35H48FN2O3P. The van der Waals surface area contributed by atoms with Gasteiger partial charge in [-0.1, -0.05) is 37.3 Å². The van der Waals surface area contributed by atoms with Crippen LogP contribution in [0.5, 0.6) is 5.75 Å². The zero-order valence-electron chi connectivity index (χ0n) is 26.4. The number of nitrogens with zero attached hydrogens (tertiary/aromatic N) is 2. The Hall–Kier alpha value is -2.53. The van der Waals surface area contributed by atoms with E-state index >= 15 is 0 Å². The number of aromatic nitrogens is 1. The highest BCUT2D eigenvalue weighted by Gasteiger charge is 2.37. The third-order valence-corrected chi connectivity index (χ3v) is 11.0. The van der Waals surface area contributed by atoms with Crippen LogP contribution >= 0.6 is 7.37 Å². The lowest BCUT2D eigenvalue weighted by molar-refractivity contribution is 0.166. The lowest BCUT2D eigenvalue weighted by atomic mass is 9.96. The van der Waals surface area contributed by atoms with Crippen LogP contribution in [0.3, 0.4) is 0 Å². The van der Waals surface area contributed by atoms with E-state index in [1.165, 1.54) is 24.6 Å². The first-order valence-electron chi connectivity index (χ1n) is 15.5. The van der Waals surface area contributed by atoms with E-state index in [0.29, 0.717) is 55.6 Å². The molecule has 1 aliphatic rings. The van der Waals surface area contributed by atoms with Crippen molar-refractivity contribution in [2.75, 3.05) is 18.9 Å². The van der Waals surface area contributed by atoms with Gasteiger partial charge in [-0.25, -0.2) is 4.39 Å². The van der Waals surface area contributed by atoms with E-state index in [-0.39, 0.29) is 11.7 Å². The van der Waals surface area contributed by atoms with Gasteiger partial charge in [0.15, 0.2) is 0 Å². The van der Waals surface area contributed by atoms with Crippen LogP contribution < -0.4 is 4.74 Å². The van der Waals surface area contributed by atoms with Crippen LogP contribution in [-0.2, 0) is 22.2 Å². The van der Waals surface area contributed by atoms with E-state index in [0.717, 1.165) is 28.1 Å². The molecule has 2 aromatic carbocycles. The second-order valence-corrected chi connectivity index (χ2v) is 15.1. The number of aryl methyl sites for hydroxylation is 1. The largest absolute Gasteiger partial charge is 0.489 e. The average molecular weight is 595 g/mol. The van der Waals surface area contributed by atoms with Crippen LogP contribution in [0.1, 0.15) is 82.7 Å². The average Bonchev–Trinajstić information content (AvgIpc) is 3.80. The number of hydrogen-bond donors (Lipinski definition) is 0. The number of pyridine rings is 1. The van der Waals surface area contributed by atoms with Crippen LogP contribution in [0.2, 0.25) is 0 Å². The molecule has 42 heavy (non-hydrogen) atoms. The van der Waals surface area contributed by atoms with Crippen molar-refractivity contribution in [1.82, 2.24) is 9.88 Å². The number of halogens is 1. The molecule has 4 rings (SSSR count). The van der Waals surface area contributed by atoms with Gasteiger partial charge in [0, 0.05) is 42.2 Å². The molecular weight excluding hydrogens is 546 g/mol. The van der Waals surface area contributed by atoms with E-state index in [4.69, 9.17) is 9.26 Å². The number of hydrogen-bond acceptors (Lipinski definition) is 5. The van der Waals surface area contributed by atoms with Gasteiger partial charge in [0.1, 0.15) is 18.2 Å².